The lowest BCUT2D eigenvalue weighted by Gasteiger charge is -1.95. The fourth-order valence-electron chi connectivity index (χ4n) is 0.673. The van der Waals surface area contributed by atoms with Gasteiger partial charge < -0.3 is 9.53 Å². The van der Waals surface area contributed by atoms with Crippen LogP contribution in [0.1, 0.15) is 6.42 Å². The summed E-state index contributed by atoms with van der Waals surface area (Å²) in [4.78, 5) is 20.4. The number of hydrogen-bond donors (Lipinski definition) is 1. The molecule has 4 nitrogen and oxygen atoms in total. The summed E-state index contributed by atoms with van der Waals surface area (Å²) in [6.45, 7) is 0.233. The van der Waals surface area contributed by atoms with Crippen molar-refractivity contribution in [2.75, 3.05) is 6.73 Å². The van der Waals surface area contributed by atoms with Crippen molar-refractivity contribution in [2.24, 2.45) is 0 Å². The molecular weight excluding hydrogens is 122 g/mol. The Kier molecular flexibility index (Phi) is 1.79. The summed E-state index contributed by atoms with van der Waals surface area (Å²) >= 11 is 0. The van der Waals surface area contributed by atoms with Crippen LogP contribution in [0.3, 0.4) is 0 Å². The monoisotopic (exact) mass is 129 g/mol. The van der Waals surface area contributed by atoms with Crippen LogP contribution in [0.5, 0.6) is 0 Å². The summed E-state index contributed by atoms with van der Waals surface area (Å²) in [6.07, 6.45) is 0.906. The van der Waals surface area contributed by atoms with Gasteiger partial charge >= 0.3 is 5.97 Å². The Morgan fingerprint density at radius 3 is 3.11 bits per heavy atom. The topological polar surface area (TPSA) is 55.4 Å². The average molecular weight is 129 g/mol. The SMILES string of the molecule is O=CCC1NCOC1=O. The highest BCUT2D eigenvalue weighted by Crippen LogP contribution is 1.98. The van der Waals surface area contributed by atoms with E-state index in [1.54, 1.807) is 0 Å². The third-order valence-corrected chi connectivity index (χ3v) is 1.16. The van der Waals surface area contributed by atoms with Crippen LogP contribution in [-0.4, -0.2) is 25.0 Å². The van der Waals surface area contributed by atoms with Gasteiger partial charge in [0.1, 0.15) is 19.1 Å². The summed E-state index contributed by atoms with van der Waals surface area (Å²) < 4.78 is 4.51. The van der Waals surface area contributed by atoms with Crippen molar-refractivity contribution in [1.29, 1.82) is 0 Å². The van der Waals surface area contributed by atoms with Gasteiger partial charge in [0.25, 0.3) is 0 Å². The first-order valence-electron chi connectivity index (χ1n) is 2.68. The van der Waals surface area contributed by atoms with Crippen molar-refractivity contribution in [2.45, 2.75) is 12.5 Å². The minimum atomic E-state index is -0.400. The Hall–Kier alpha value is -0.900. The Balaban J connectivity index is 2.39. The second kappa shape index (κ2) is 2.59. The number of nitrogens with one attached hydrogen (secondary N) is 1. The highest BCUT2D eigenvalue weighted by molar-refractivity contribution is 5.80. The lowest BCUT2D eigenvalue weighted by molar-refractivity contribution is -0.139. The van der Waals surface area contributed by atoms with Crippen LogP contribution in [0.2, 0.25) is 0 Å². The van der Waals surface area contributed by atoms with Gasteiger partial charge in [0.2, 0.25) is 0 Å². The third kappa shape index (κ3) is 1.26. The fourth-order valence-corrected chi connectivity index (χ4v) is 0.673. The molecule has 1 N–H and O–H groups in total. The Labute approximate surface area is 52.2 Å². The molecule has 0 aromatic rings. The van der Waals surface area contributed by atoms with E-state index in [1.165, 1.54) is 0 Å². The second-order valence-electron chi connectivity index (χ2n) is 1.77. The third-order valence-electron chi connectivity index (χ3n) is 1.16. The maximum atomic E-state index is 10.5. The van der Waals surface area contributed by atoms with Crippen molar-refractivity contribution in [3.8, 4) is 0 Å². The van der Waals surface area contributed by atoms with Crippen LogP contribution in [0.15, 0.2) is 0 Å². The lowest BCUT2D eigenvalue weighted by atomic mass is 10.2. The van der Waals surface area contributed by atoms with Crippen molar-refractivity contribution in [1.82, 2.24) is 5.32 Å². The highest BCUT2D eigenvalue weighted by atomic mass is 16.6. The molecule has 0 saturated carbocycles. The normalized spacial score (nSPS) is 25.8. The number of ether oxygens (including phenoxy) is 1. The average Bonchev–Trinajstić information content (AvgIpc) is 2.18. The zero-order chi connectivity index (χ0) is 6.69. The van der Waals surface area contributed by atoms with Crippen molar-refractivity contribution in [3.05, 3.63) is 0 Å². The van der Waals surface area contributed by atoms with E-state index in [2.05, 4.69) is 10.1 Å². The highest BCUT2D eigenvalue weighted by Gasteiger charge is 2.24. The molecule has 50 valence electrons. The minimum Gasteiger partial charge on any atom is -0.449 e. The molecule has 0 amide bonds. The van der Waals surface area contributed by atoms with Gasteiger partial charge in [-0.15, -0.1) is 0 Å². The quantitative estimate of drug-likeness (QED) is 0.385. The largest absolute Gasteiger partial charge is 0.449 e. The van der Waals surface area contributed by atoms with E-state index in [0.29, 0.717) is 6.29 Å². The molecule has 1 aliphatic rings. The first kappa shape index (κ1) is 6.22. The molecule has 1 rings (SSSR count). The molecule has 0 spiro atoms. The van der Waals surface area contributed by atoms with E-state index in [9.17, 15) is 9.59 Å². The maximum Gasteiger partial charge on any atom is 0.324 e. The summed E-state index contributed by atoms with van der Waals surface area (Å²) in [5.74, 6) is -0.331. The van der Waals surface area contributed by atoms with Crippen LogP contribution >= 0.6 is 0 Å². The first-order valence-corrected chi connectivity index (χ1v) is 2.68. The lowest BCUT2D eigenvalue weighted by Crippen LogP contribution is -2.27. The van der Waals surface area contributed by atoms with Gasteiger partial charge in [0.05, 0.1) is 0 Å². The molecule has 0 aromatic heterocycles. The van der Waals surface area contributed by atoms with Gasteiger partial charge in [0, 0.05) is 6.42 Å². The van der Waals surface area contributed by atoms with Crippen LogP contribution in [-0.2, 0) is 14.3 Å². The number of carbonyl (C=O) groups is 2. The number of cyclic esters (lactones) is 1. The molecule has 1 aliphatic heterocycles. The first-order chi connectivity index (χ1) is 4.34. The van der Waals surface area contributed by atoms with E-state index < -0.39 is 6.04 Å². The van der Waals surface area contributed by atoms with Crippen molar-refractivity contribution >= 4 is 12.3 Å². The van der Waals surface area contributed by atoms with Gasteiger partial charge in [0.15, 0.2) is 0 Å². The van der Waals surface area contributed by atoms with E-state index >= 15 is 0 Å². The molecule has 0 radical (unpaired) electrons. The predicted octanol–water partition coefficient (Wildman–Crippen LogP) is -0.952. The van der Waals surface area contributed by atoms with Gasteiger partial charge in [-0.1, -0.05) is 0 Å². The van der Waals surface area contributed by atoms with E-state index in [-0.39, 0.29) is 19.1 Å². The van der Waals surface area contributed by atoms with Crippen LogP contribution in [0.4, 0.5) is 0 Å². The van der Waals surface area contributed by atoms with Crippen molar-refractivity contribution in [3.63, 3.8) is 0 Å². The van der Waals surface area contributed by atoms with E-state index in [0.717, 1.165) is 0 Å². The molecular formula is C5H7NO3. The Morgan fingerprint density at radius 2 is 2.67 bits per heavy atom. The van der Waals surface area contributed by atoms with Crippen LogP contribution in [0.25, 0.3) is 0 Å². The number of hydrogen-bond acceptors (Lipinski definition) is 4. The Bertz CT molecular complexity index is 134. The van der Waals surface area contributed by atoms with Gasteiger partial charge in [-0.3, -0.25) is 10.1 Å². The number of rotatable bonds is 2. The predicted molar refractivity (Wildman–Crippen MR) is 28.6 cm³/mol. The molecule has 1 atom stereocenters. The molecule has 9 heavy (non-hydrogen) atoms. The summed E-state index contributed by atoms with van der Waals surface area (Å²) in [5, 5.41) is 2.70. The molecule has 1 fully saturated rings. The molecule has 1 saturated heterocycles. The Morgan fingerprint density at radius 1 is 1.89 bits per heavy atom. The minimum absolute atomic E-state index is 0.207. The van der Waals surface area contributed by atoms with Gasteiger partial charge in [-0.05, 0) is 0 Å². The molecule has 0 aliphatic carbocycles. The smallest absolute Gasteiger partial charge is 0.324 e. The van der Waals surface area contributed by atoms with Gasteiger partial charge in [-0.2, -0.15) is 0 Å². The number of esters is 1. The van der Waals surface area contributed by atoms with Gasteiger partial charge in [-0.25, -0.2) is 0 Å². The number of aldehydes is 1. The summed E-state index contributed by atoms with van der Waals surface area (Å²) in [7, 11) is 0. The summed E-state index contributed by atoms with van der Waals surface area (Å²) in [6, 6.07) is -0.400. The molecule has 4 heteroatoms. The zero-order valence-corrected chi connectivity index (χ0v) is 4.79. The zero-order valence-electron chi connectivity index (χ0n) is 4.79. The molecule has 0 aromatic carbocycles. The standard InChI is InChI=1S/C5H7NO3/c7-2-1-4-5(8)9-3-6-4/h2,4,6H,1,3H2. The summed E-state index contributed by atoms with van der Waals surface area (Å²) in [5.41, 5.74) is 0. The van der Waals surface area contributed by atoms with Crippen LogP contribution < -0.4 is 5.32 Å². The molecule has 1 unspecified atom stereocenters. The molecule has 0 bridgehead atoms. The van der Waals surface area contributed by atoms with E-state index in [4.69, 9.17) is 0 Å². The van der Waals surface area contributed by atoms with Crippen LogP contribution in [0, 0.1) is 0 Å². The maximum absolute atomic E-state index is 10.5. The van der Waals surface area contributed by atoms with E-state index in [1.807, 2.05) is 0 Å². The molecule has 1 heterocycles. The second-order valence-corrected chi connectivity index (χ2v) is 1.77. The fraction of sp³-hybridized carbons (Fsp3) is 0.600. The number of carbonyl (C=O) groups excluding carboxylic acids is 2. The van der Waals surface area contributed by atoms with Crippen molar-refractivity contribution < 1.29 is 14.3 Å².